The fourth-order valence-electron chi connectivity index (χ4n) is 1.96. The molecule has 2 nitrogen and oxygen atoms in total. The van der Waals surface area contributed by atoms with Crippen LogP contribution in [0.2, 0.25) is 0 Å². The fourth-order valence-corrected chi connectivity index (χ4v) is 1.96. The lowest BCUT2D eigenvalue weighted by atomic mass is 10.00. The maximum absolute atomic E-state index is 12.7. The highest BCUT2D eigenvalue weighted by atomic mass is 19.4. The lowest BCUT2D eigenvalue weighted by molar-refractivity contribution is -0.137. The number of benzene rings is 2. The molecular weight excluding hydrogens is 281 g/mol. The highest BCUT2D eigenvalue weighted by Gasteiger charge is 2.31. The van der Waals surface area contributed by atoms with Crippen LogP contribution in [0.3, 0.4) is 0 Å². The van der Waals surface area contributed by atoms with E-state index in [2.05, 4.69) is 0 Å². The minimum Gasteiger partial charge on any atom is -0.496 e. The van der Waals surface area contributed by atoms with E-state index >= 15 is 0 Å². The predicted molar refractivity (Wildman–Crippen MR) is 72.6 cm³/mol. The molecule has 110 valence electrons. The van der Waals surface area contributed by atoms with Crippen molar-refractivity contribution in [2.24, 2.45) is 0 Å². The molecule has 0 saturated heterocycles. The van der Waals surface area contributed by atoms with Crippen LogP contribution in [0.5, 0.6) is 5.75 Å². The van der Waals surface area contributed by atoms with Gasteiger partial charge in [-0.3, -0.25) is 4.79 Å². The Bertz CT molecular complexity index is 675. The van der Waals surface area contributed by atoms with Crippen LogP contribution in [0, 0.1) is 6.92 Å². The van der Waals surface area contributed by atoms with Crippen LogP contribution < -0.4 is 4.74 Å². The van der Waals surface area contributed by atoms with Gasteiger partial charge in [0, 0.05) is 11.1 Å². The van der Waals surface area contributed by atoms with Gasteiger partial charge in [-0.1, -0.05) is 24.3 Å². The minimum absolute atomic E-state index is 0.00395. The second kappa shape index (κ2) is 5.60. The first-order chi connectivity index (χ1) is 9.82. The summed E-state index contributed by atoms with van der Waals surface area (Å²) in [5.74, 6) is 0.0484. The molecule has 2 rings (SSSR count). The van der Waals surface area contributed by atoms with Crippen LogP contribution in [0.4, 0.5) is 13.2 Å². The van der Waals surface area contributed by atoms with Gasteiger partial charge in [0.05, 0.1) is 12.7 Å². The molecule has 0 aliphatic rings. The van der Waals surface area contributed by atoms with E-state index in [1.807, 2.05) is 6.92 Å². The van der Waals surface area contributed by atoms with Crippen molar-refractivity contribution >= 4 is 5.78 Å². The number of halogens is 3. The first-order valence-electron chi connectivity index (χ1n) is 6.19. The highest BCUT2D eigenvalue weighted by molar-refractivity contribution is 6.09. The molecule has 0 aliphatic heterocycles. The molecule has 0 fully saturated rings. The molecule has 0 amide bonds. The third-order valence-electron chi connectivity index (χ3n) is 3.12. The lowest BCUT2D eigenvalue weighted by Crippen LogP contribution is -2.08. The molecule has 0 heterocycles. The van der Waals surface area contributed by atoms with Gasteiger partial charge in [0.25, 0.3) is 0 Å². The van der Waals surface area contributed by atoms with Crippen molar-refractivity contribution in [1.29, 1.82) is 0 Å². The van der Waals surface area contributed by atoms with Gasteiger partial charge in [-0.05, 0) is 30.7 Å². The van der Waals surface area contributed by atoms with E-state index in [0.717, 1.165) is 17.7 Å². The SMILES string of the molecule is COc1cc(C(=O)c2cccc(C(F)(F)F)c2)ccc1C. The van der Waals surface area contributed by atoms with E-state index in [1.165, 1.54) is 25.3 Å². The molecule has 2 aromatic rings. The largest absolute Gasteiger partial charge is 0.496 e. The van der Waals surface area contributed by atoms with Crippen molar-refractivity contribution in [3.8, 4) is 5.75 Å². The van der Waals surface area contributed by atoms with E-state index in [1.54, 1.807) is 12.1 Å². The van der Waals surface area contributed by atoms with Gasteiger partial charge in [0.1, 0.15) is 5.75 Å². The van der Waals surface area contributed by atoms with Crippen molar-refractivity contribution in [2.75, 3.05) is 7.11 Å². The minimum atomic E-state index is -4.47. The number of hydrogen-bond acceptors (Lipinski definition) is 2. The van der Waals surface area contributed by atoms with Crippen LogP contribution in [0.25, 0.3) is 0 Å². The summed E-state index contributed by atoms with van der Waals surface area (Å²) in [6.07, 6.45) is -4.47. The van der Waals surface area contributed by atoms with Crippen LogP contribution >= 0.6 is 0 Å². The second-order valence-corrected chi connectivity index (χ2v) is 4.59. The molecule has 0 atom stereocenters. The smallest absolute Gasteiger partial charge is 0.416 e. The van der Waals surface area contributed by atoms with Gasteiger partial charge in [-0.2, -0.15) is 13.2 Å². The van der Waals surface area contributed by atoms with E-state index in [0.29, 0.717) is 5.75 Å². The molecule has 2 aromatic carbocycles. The molecule has 0 saturated carbocycles. The summed E-state index contributed by atoms with van der Waals surface area (Å²) in [7, 11) is 1.47. The summed E-state index contributed by atoms with van der Waals surface area (Å²) in [5, 5.41) is 0. The fraction of sp³-hybridized carbons (Fsp3) is 0.188. The van der Waals surface area contributed by atoms with Crippen molar-refractivity contribution in [1.82, 2.24) is 0 Å². The van der Waals surface area contributed by atoms with Crippen molar-refractivity contribution in [2.45, 2.75) is 13.1 Å². The average Bonchev–Trinajstić information content (AvgIpc) is 2.46. The Morgan fingerprint density at radius 1 is 1.05 bits per heavy atom. The van der Waals surface area contributed by atoms with Crippen LogP contribution in [0.1, 0.15) is 27.0 Å². The Morgan fingerprint density at radius 3 is 2.33 bits per heavy atom. The maximum atomic E-state index is 12.7. The predicted octanol–water partition coefficient (Wildman–Crippen LogP) is 4.25. The summed E-state index contributed by atoms with van der Waals surface area (Å²) < 4.78 is 43.1. The van der Waals surface area contributed by atoms with Crippen molar-refractivity contribution < 1.29 is 22.7 Å². The van der Waals surface area contributed by atoms with Gasteiger partial charge in [0.15, 0.2) is 5.78 Å². The van der Waals surface area contributed by atoms with Gasteiger partial charge in [-0.15, -0.1) is 0 Å². The standard InChI is InChI=1S/C16H13F3O2/c1-10-6-7-12(9-14(10)21-2)15(20)11-4-3-5-13(8-11)16(17,18)19/h3-9H,1-2H3. The molecule has 0 N–H and O–H groups in total. The Balaban J connectivity index is 2.41. The number of carbonyl (C=O) groups excluding carboxylic acids is 1. The Labute approximate surface area is 120 Å². The summed E-state index contributed by atoms with van der Waals surface area (Å²) in [5.41, 5.74) is 0.290. The van der Waals surface area contributed by atoms with Crippen LogP contribution in [-0.4, -0.2) is 12.9 Å². The lowest BCUT2D eigenvalue weighted by Gasteiger charge is -2.09. The monoisotopic (exact) mass is 294 g/mol. The number of alkyl halides is 3. The normalized spacial score (nSPS) is 11.3. The molecule has 0 radical (unpaired) electrons. The van der Waals surface area contributed by atoms with Crippen molar-refractivity contribution in [3.05, 3.63) is 64.7 Å². The maximum Gasteiger partial charge on any atom is 0.416 e. The van der Waals surface area contributed by atoms with E-state index in [4.69, 9.17) is 4.74 Å². The Kier molecular flexibility index (Phi) is 4.02. The van der Waals surface area contributed by atoms with E-state index in [-0.39, 0.29) is 11.1 Å². The molecule has 0 unspecified atom stereocenters. The van der Waals surface area contributed by atoms with E-state index < -0.39 is 17.5 Å². The zero-order valence-electron chi connectivity index (χ0n) is 11.5. The molecule has 5 heteroatoms. The van der Waals surface area contributed by atoms with Gasteiger partial charge in [-0.25, -0.2) is 0 Å². The molecule has 0 spiro atoms. The number of aryl methyl sites for hydroxylation is 1. The molecule has 21 heavy (non-hydrogen) atoms. The quantitative estimate of drug-likeness (QED) is 0.791. The van der Waals surface area contributed by atoms with Gasteiger partial charge < -0.3 is 4.74 Å². The third kappa shape index (κ3) is 3.24. The summed E-state index contributed by atoms with van der Waals surface area (Å²) in [6.45, 7) is 1.82. The summed E-state index contributed by atoms with van der Waals surface area (Å²) in [4.78, 5) is 12.3. The first kappa shape index (κ1) is 15.1. The Hall–Kier alpha value is -2.30. The number of methoxy groups -OCH3 is 1. The average molecular weight is 294 g/mol. The van der Waals surface area contributed by atoms with Crippen LogP contribution in [-0.2, 0) is 6.18 Å². The summed E-state index contributed by atoms with van der Waals surface area (Å²) in [6, 6.07) is 9.17. The number of ether oxygens (including phenoxy) is 1. The summed E-state index contributed by atoms with van der Waals surface area (Å²) >= 11 is 0. The number of rotatable bonds is 3. The van der Waals surface area contributed by atoms with Crippen LogP contribution in [0.15, 0.2) is 42.5 Å². The van der Waals surface area contributed by atoms with E-state index in [9.17, 15) is 18.0 Å². The third-order valence-corrected chi connectivity index (χ3v) is 3.12. The second-order valence-electron chi connectivity index (χ2n) is 4.59. The molecule has 0 bridgehead atoms. The molecule has 0 aromatic heterocycles. The number of ketones is 1. The topological polar surface area (TPSA) is 26.3 Å². The van der Waals surface area contributed by atoms with Gasteiger partial charge in [0.2, 0.25) is 0 Å². The number of hydrogen-bond donors (Lipinski definition) is 0. The molecule has 0 aliphatic carbocycles. The zero-order valence-corrected chi connectivity index (χ0v) is 11.5. The highest BCUT2D eigenvalue weighted by Crippen LogP contribution is 2.30. The zero-order chi connectivity index (χ0) is 15.6. The Morgan fingerprint density at radius 2 is 1.71 bits per heavy atom. The first-order valence-corrected chi connectivity index (χ1v) is 6.19. The molecular formula is C16H13F3O2. The van der Waals surface area contributed by atoms with Crippen molar-refractivity contribution in [3.63, 3.8) is 0 Å². The number of carbonyl (C=O) groups is 1. The van der Waals surface area contributed by atoms with Gasteiger partial charge >= 0.3 is 6.18 Å².